The van der Waals surface area contributed by atoms with Crippen LogP contribution < -0.4 is 0 Å². The molecule has 1 aliphatic carbocycles. The Hall–Kier alpha value is -0.870. The maximum Gasteiger partial charge on any atom is 0.330 e. The van der Waals surface area contributed by atoms with Gasteiger partial charge in [0.05, 0.1) is 47.3 Å². The Morgan fingerprint density at radius 1 is 1.00 bits per heavy atom. The number of rotatable bonds is 10. The molecule has 0 atom stereocenters. The van der Waals surface area contributed by atoms with Crippen LogP contribution in [0.3, 0.4) is 0 Å². The topological polar surface area (TPSA) is 26.3 Å². The quantitative estimate of drug-likeness (QED) is 0.244. The van der Waals surface area contributed by atoms with Crippen LogP contribution >= 0.6 is 0 Å². The largest absolute Gasteiger partial charge is 0.457 e. The summed E-state index contributed by atoms with van der Waals surface area (Å²) in [5.74, 6) is -0.327. The van der Waals surface area contributed by atoms with Crippen molar-refractivity contribution < 1.29 is 18.5 Å². The Balaban J connectivity index is 2.43. The number of hydrogen-bond donors (Lipinski definition) is 0. The van der Waals surface area contributed by atoms with E-state index in [1.165, 1.54) is 44.7 Å². The first kappa shape index (κ1) is 24.2. The SMILES string of the molecule is C=CC(=O)OCC[N+](C)(C)CCCC[N+](C)(C)C1CC(C)(C)CC(C)(C)C1. The normalized spacial score (nSPS) is 20.3. The fourth-order valence-electron chi connectivity index (χ4n) is 5.09. The second-order valence-electron chi connectivity index (χ2n) is 11.5. The summed E-state index contributed by atoms with van der Waals surface area (Å²) in [6, 6.07) is 0.754. The highest BCUT2D eigenvalue weighted by Gasteiger charge is 2.44. The highest BCUT2D eigenvalue weighted by molar-refractivity contribution is 5.81. The predicted octanol–water partition coefficient (Wildman–Crippen LogP) is 4.25. The molecule has 1 fully saturated rings. The molecule has 0 saturated heterocycles. The van der Waals surface area contributed by atoms with Crippen molar-refractivity contribution in [1.29, 1.82) is 0 Å². The zero-order valence-corrected chi connectivity index (χ0v) is 19.4. The molecule has 0 aromatic heterocycles. The lowest BCUT2D eigenvalue weighted by atomic mass is 9.63. The van der Waals surface area contributed by atoms with E-state index in [0.29, 0.717) is 17.4 Å². The molecule has 0 heterocycles. The molecule has 0 radical (unpaired) electrons. The summed E-state index contributed by atoms with van der Waals surface area (Å²) in [5, 5.41) is 0. The van der Waals surface area contributed by atoms with Gasteiger partial charge in [0.2, 0.25) is 0 Å². The highest BCUT2D eigenvalue weighted by atomic mass is 16.5. The maximum atomic E-state index is 11.2. The Morgan fingerprint density at radius 3 is 2.04 bits per heavy atom. The third-order valence-corrected chi connectivity index (χ3v) is 6.38. The van der Waals surface area contributed by atoms with Crippen LogP contribution in [-0.4, -0.2) is 75.4 Å². The van der Waals surface area contributed by atoms with Crippen molar-refractivity contribution in [3.63, 3.8) is 0 Å². The van der Waals surface area contributed by atoms with Crippen LogP contribution in [0.25, 0.3) is 0 Å². The van der Waals surface area contributed by atoms with Crippen molar-refractivity contribution in [1.82, 2.24) is 0 Å². The first-order chi connectivity index (χ1) is 12.2. The summed E-state index contributed by atoms with van der Waals surface area (Å²) >= 11 is 0. The molecule has 1 aliphatic rings. The van der Waals surface area contributed by atoms with Crippen molar-refractivity contribution in [2.75, 3.05) is 54.4 Å². The van der Waals surface area contributed by atoms with Crippen LogP contribution in [-0.2, 0) is 9.53 Å². The molecule has 0 aromatic rings. The lowest BCUT2D eigenvalue weighted by molar-refractivity contribution is -0.919. The summed E-state index contributed by atoms with van der Waals surface area (Å²) in [7, 11) is 9.29. The molecule has 158 valence electrons. The molecular weight excluding hydrogens is 336 g/mol. The number of nitrogens with zero attached hydrogens (tertiary/aromatic N) is 2. The first-order valence-electron chi connectivity index (χ1n) is 10.6. The molecular formula is C23H46N2O2+2. The Kier molecular flexibility index (Phi) is 8.13. The van der Waals surface area contributed by atoms with Gasteiger partial charge < -0.3 is 13.7 Å². The van der Waals surface area contributed by atoms with E-state index in [1.807, 2.05) is 0 Å². The van der Waals surface area contributed by atoms with Crippen molar-refractivity contribution in [2.45, 2.75) is 65.8 Å². The average molecular weight is 383 g/mol. The van der Waals surface area contributed by atoms with E-state index < -0.39 is 0 Å². The van der Waals surface area contributed by atoms with E-state index in [0.717, 1.165) is 28.1 Å². The Labute approximate surface area is 168 Å². The second-order valence-corrected chi connectivity index (χ2v) is 11.5. The summed E-state index contributed by atoms with van der Waals surface area (Å²) in [5.41, 5.74) is 0.896. The van der Waals surface area contributed by atoms with Crippen LogP contribution in [0.15, 0.2) is 12.7 Å². The van der Waals surface area contributed by atoms with Gasteiger partial charge in [-0.25, -0.2) is 4.79 Å². The number of esters is 1. The van der Waals surface area contributed by atoms with Gasteiger partial charge >= 0.3 is 5.97 Å². The van der Waals surface area contributed by atoms with E-state index >= 15 is 0 Å². The van der Waals surface area contributed by atoms with E-state index in [1.54, 1.807) is 0 Å². The maximum absolute atomic E-state index is 11.2. The molecule has 0 aromatic carbocycles. The Bertz CT molecular complexity index is 491. The number of unbranched alkanes of at least 4 members (excludes halogenated alkanes) is 1. The standard InChI is InChI=1S/C23H46N2O2/c1-10-21(26)27-16-15-24(6,7)13-11-12-14-25(8,9)20-17-22(2,3)19-23(4,5)18-20/h10,20H,1,11-19H2,2-9H3/q+2. The highest BCUT2D eigenvalue weighted by Crippen LogP contribution is 2.48. The number of ether oxygens (including phenoxy) is 1. The lowest BCUT2D eigenvalue weighted by Crippen LogP contribution is -2.55. The van der Waals surface area contributed by atoms with Gasteiger partial charge in [-0.15, -0.1) is 0 Å². The Morgan fingerprint density at radius 2 is 1.52 bits per heavy atom. The van der Waals surface area contributed by atoms with Crippen LogP contribution in [0.5, 0.6) is 0 Å². The van der Waals surface area contributed by atoms with Crippen molar-refractivity contribution >= 4 is 5.97 Å². The van der Waals surface area contributed by atoms with Crippen LogP contribution in [0.1, 0.15) is 59.8 Å². The van der Waals surface area contributed by atoms with Gasteiger partial charge in [0.1, 0.15) is 13.2 Å². The molecule has 4 heteroatoms. The average Bonchev–Trinajstić information content (AvgIpc) is 2.48. The minimum absolute atomic E-state index is 0.327. The van der Waals surface area contributed by atoms with E-state index in [9.17, 15) is 4.79 Å². The van der Waals surface area contributed by atoms with Gasteiger partial charge in [-0.1, -0.05) is 34.3 Å². The van der Waals surface area contributed by atoms with Gasteiger partial charge in [0.25, 0.3) is 0 Å². The van der Waals surface area contributed by atoms with Gasteiger partial charge in [-0.05, 0) is 17.3 Å². The van der Waals surface area contributed by atoms with Crippen molar-refractivity contribution in [3.05, 3.63) is 12.7 Å². The third-order valence-electron chi connectivity index (χ3n) is 6.38. The van der Waals surface area contributed by atoms with Crippen LogP contribution in [0.2, 0.25) is 0 Å². The molecule has 4 nitrogen and oxygen atoms in total. The van der Waals surface area contributed by atoms with Crippen LogP contribution in [0.4, 0.5) is 0 Å². The molecule has 0 bridgehead atoms. The van der Waals surface area contributed by atoms with E-state index in [-0.39, 0.29) is 5.97 Å². The monoisotopic (exact) mass is 382 g/mol. The third kappa shape index (κ3) is 8.78. The van der Waals surface area contributed by atoms with Gasteiger partial charge in [0, 0.05) is 31.8 Å². The van der Waals surface area contributed by atoms with E-state index in [2.05, 4.69) is 62.5 Å². The summed E-state index contributed by atoms with van der Waals surface area (Å²) < 4.78 is 7.16. The molecule has 0 aliphatic heterocycles. The molecule has 0 amide bonds. The number of carbonyl (C=O) groups excluding carboxylic acids is 1. The van der Waals surface area contributed by atoms with Gasteiger partial charge in [-0.2, -0.15) is 0 Å². The summed E-state index contributed by atoms with van der Waals surface area (Å²) in [6.07, 6.45) is 7.69. The molecule has 0 spiro atoms. The van der Waals surface area contributed by atoms with Gasteiger partial charge in [-0.3, -0.25) is 0 Å². The number of carbonyl (C=O) groups is 1. The zero-order chi connectivity index (χ0) is 20.9. The predicted molar refractivity (Wildman–Crippen MR) is 114 cm³/mol. The smallest absolute Gasteiger partial charge is 0.330 e. The summed E-state index contributed by atoms with van der Waals surface area (Å²) in [6.45, 7) is 16.9. The minimum Gasteiger partial charge on any atom is -0.457 e. The fourth-order valence-corrected chi connectivity index (χ4v) is 5.09. The fraction of sp³-hybridized carbons (Fsp3) is 0.870. The second kappa shape index (κ2) is 9.09. The van der Waals surface area contributed by atoms with Gasteiger partial charge in [0.15, 0.2) is 0 Å². The summed E-state index contributed by atoms with van der Waals surface area (Å²) in [4.78, 5) is 11.2. The number of hydrogen-bond acceptors (Lipinski definition) is 2. The van der Waals surface area contributed by atoms with Crippen molar-refractivity contribution in [3.8, 4) is 0 Å². The zero-order valence-electron chi connectivity index (χ0n) is 19.4. The minimum atomic E-state index is -0.327. The molecule has 27 heavy (non-hydrogen) atoms. The molecule has 1 saturated carbocycles. The number of quaternary nitrogens is 2. The van der Waals surface area contributed by atoms with Crippen molar-refractivity contribution in [2.24, 2.45) is 10.8 Å². The van der Waals surface area contributed by atoms with E-state index in [4.69, 9.17) is 4.74 Å². The first-order valence-corrected chi connectivity index (χ1v) is 10.6. The van der Waals surface area contributed by atoms with Crippen LogP contribution in [0, 0.1) is 10.8 Å². The molecule has 0 unspecified atom stereocenters. The molecule has 0 N–H and O–H groups in total. The number of likely N-dealkylation sites (N-methyl/N-ethyl adjacent to an activating group) is 1. The lowest BCUT2D eigenvalue weighted by Gasteiger charge is -2.50. The molecule has 1 rings (SSSR count).